The second-order valence-electron chi connectivity index (χ2n) is 14.2. The highest BCUT2D eigenvalue weighted by Gasteiger charge is 2.22. The maximum Gasteiger partial charge on any atom is 0.411 e. The first-order valence-electron chi connectivity index (χ1n) is 20.8. The predicted molar refractivity (Wildman–Crippen MR) is 223 cm³/mol. The smallest absolute Gasteiger partial charge is 0.411 e. The van der Waals surface area contributed by atoms with E-state index < -0.39 is 0 Å². The molecule has 0 unspecified atom stereocenters. The summed E-state index contributed by atoms with van der Waals surface area (Å²) in [6.45, 7) is 11.1. The van der Waals surface area contributed by atoms with Crippen molar-refractivity contribution < 1.29 is 19.0 Å². The molecule has 0 bridgehead atoms. The Morgan fingerprint density at radius 2 is 1.28 bits per heavy atom. The number of benzene rings is 3. The van der Waals surface area contributed by atoms with Crippen LogP contribution < -0.4 is 10.1 Å². The van der Waals surface area contributed by atoms with Crippen LogP contribution in [-0.4, -0.2) is 75.5 Å². The molecular weight excluding hydrogens is 659 g/mol. The number of hydrogen-bond acceptors (Lipinski definition) is 6. The van der Waals surface area contributed by atoms with Crippen LogP contribution in [0.3, 0.4) is 0 Å². The third-order valence-corrected chi connectivity index (χ3v) is 10.1. The van der Waals surface area contributed by atoms with Crippen LogP contribution in [0.1, 0.15) is 116 Å². The number of para-hydroxylation sites is 2. The molecule has 0 aromatic heterocycles. The molecule has 3 aromatic carbocycles. The number of carbonyl (C=O) groups excluding carboxylic acids is 1. The van der Waals surface area contributed by atoms with Gasteiger partial charge in [-0.05, 0) is 82.9 Å². The van der Waals surface area contributed by atoms with E-state index in [1.54, 1.807) is 7.11 Å². The molecule has 4 rings (SSSR count). The Balaban J connectivity index is 0.00000372. The van der Waals surface area contributed by atoms with Crippen LogP contribution in [0, 0.1) is 0 Å². The van der Waals surface area contributed by atoms with Crippen LogP contribution in [0.2, 0.25) is 0 Å². The van der Waals surface area contributed by atoms with Gasteiger partial charge < -0.3 is 24.0 Å². The molecule has 1 heterocycles. The number of unbranched alkanes of at least 4 members (excludes halogenated alkanes) is 11. The van der Waals surface area contributed by atoms with Gasteiger partial charge in [-0.3, -0.25) is 5.32 Å². The number of piperidine rings is 1. The minimum Gasteiger partial charge on any atom is -0.496 e. The number of likely N-dealkylation sites (tertiary alicyclic amines) is 1. The summed E-state index contributed by atoms with van der Waals surface area (Å²) in [5, 5.41) is 2.98. The van der Waals surface area contributed by atoms with Crippen LogP contribution >= 0.6 is 0 Å². The van der Waals surface area contributed by atoms with Crippen LogP contribution in [0.15, 0.2) is 78.9 Å². The van der Waals surface area contributed by atoms with E-state index in [1.165, 1.54) is 90.1 Å². The van der Waals surface area contributed by atoms with Gasteiger partial charge in [-0.25, -0.2) is 4.79 Å². The molecule has 1 aliphatic rings. The van der Waals surface area contributed by atoms with Crippen LogP contribution in [0.5, 0.6) is 5.75 Å². The highest BCUT2D eigenvalue weighted by atomic mass is 16.6. The number of amides is 1. The van der Waals surface area contributed by atoms with Gasteiger partial charge in [0, 0.05) is 30.8 Å². The largest absolute Gasteiger partial charge is 0.496 e. The Kier molecular flexibility index (Phi) is 23.3. The second-order valence-corrected chi connectivity index (χ2v) is 14.2. The van der Waals surface area contributed by atoms with Crippen molar-refractivity contribution in [2.45, 2.75) is 123 Å². The first kappa shape index (κ1) is 44.0. The Bertz CT molecular complexity index is 1350. The fourth-order valence-electron chi connectivity index (χ4n) is 7.01. The average molecular weight is 730 g/mol. The standard InChI is InChI=1S/C44H65N3O4.C2H6/c1-46(32-20-10-11-22-36-50-37-39-25-15-18-28-43(39)49-2)31-19-8-6-4-3-5-7-9-21-33-47-34-29-40(30-35-47)51-44(48)45-42-27-17-16-26-41(42)38-23-13-12-14-24-38;1-2/h12-18,23-28,40H,3-11,19-22,29-37H2,1-2H3,(H,45,48);1-2H3. The topological polar surface area (TPSA) is 63.3 Å². The number of anilines is 1. The number of nitrogens with one attached hydrogen (secondary N) is 1. The molecule has 0 radical (unpaired) electrons. The van der Waals surface area contributed by atoms with Crippen LogP contribution in [0.4, 0.5) is 10.5 Å². The lowest BCUT2D eigenvalue weighted by atomic mass is 10.0. The normalized spacial score (nSPS) is 13.4. The number of ether oxygens (including phenoxy) is 3. The first-order valence-corrected chi connectivity index (χ1v) is 20.8. The van der Waals surface area contributed by atoms with Gasteiger partial charge >= 0.3 is 6.09 Å². The molecule has 1 saturated heterocycles. The van der Waals surface area contributed by atoms with E-state index in [0.29, 0.717) is 6.61 Å². The molecule has 1 N–H and O–H groups in total. The molecular formula is C46H71N3O4. The summed E-state index contributed by atoms with van der Waals surface area (Å²) in [7, 11) is 3.99. The second kappa shape index (κ2) is 28.1. The van der Waals surface area contributed by atoms with Crippen molar-refractivity contribution in [2.75, 3.05) is 58.8 Å². The molecule has 1 amide bonds. The van der Waals surface area contributed by atoms with E-state index in [9.17, 15) is 4.79 Å². The predicted octanol–water partition coefficient (Wildman–Crippen LogP) is 11.6. The van der Waals surface area contributed by atoms with Crippen molar-refractivity contribution >= 4 is 11.8 Å². The van der Waals surface area contributed by atoms with Gasteiger partial charge in [-0.1, -0.05) is 138 Å². The minimum absolute atomic E-state index is 0.0106. The fourth-order valence-corrected chi connectivity index (χ4v) is 7.01. The maximum atomic E-state index is 12.7. The quantitative estimate of drug-likeness (QED) is 0.0876. The summed E-state index contributed by atoms with van der Waals surface area (Å²) in [5.41, 5.74) is 3.98. The van der Waals surface area contributed by atoms with Crippen LogP contribution in [0.25, 0.3) is 11.1 Å². The third-order valence-electron chi connectivity index (χ3n) is 10.1. The molecule has 3 aromatic rings. The first-order chi connectivity index (χ1) is 26.1. The summed E-state index contributed by atoms with van der Waals surface area (Å²) in [4.78, 5) is 17.8. The van der Waals surface area contributed by atoms with Gasteiger partial charge in [0.05, 0.1) is 19.4 Å². The number of carbonyl (C=O) groups is 1. The summed E-state index contributed by atoms with van der Waals surface area (Å²) >= 11 is 0. The van der Waals surface area contributed by atoms with Crippen molar-refractivity contribution in [1.82, 2.24) is 9.80 Å². The Morgan fingerprint density at radius 1 is 0.717 bits per heavy atom. The zero-order valence-electron chi connectivity index (χ0n) is 33.7. The molecule has 1 aliphatic heterocycles. The number of nitrogens with zero attached hydrogens (tertiary/aromatic N) is 2. The lowest BCUT2D eigenvalue weighted by Crippen LogP contribution is -2.38. The molecule has 0 spiro atoms. The molecule has 7 nitrogen and oxygen atoms in total. The Hall–Kier alpha value is -3.39. The van der Waals surface area contributed by atoms with E-state index in [2.05, 4.69) is 40.4 Å². The zero-order chi connectivity index (χ0) is 37.8. The number of methoxy groups -OCH3 is 1. The van der Waals surface area contributed by atoms with Crippen molar-refractivity contribution in [3.8, 4) is 16.9 Å². The molecule has 53 heavy (non-hydrogen) atoms. The summed E-state index contributed by atoms with van der Waals surface area (Å²) < 4.78 is 17.1. The Labute approximate surface area is 322 Å². The summed E-state index contributed by atoms with van der Waals surface area (Å²) in [6, 6.07) is 26.1. The summed E-state index contributed by atoms with van der Waals surface area (Å²) in [6.07, 6.45) is 18.5. The Morgan fingerprint density at radius 3 is 1.96 bits per heavy atom. The lowest BCUT2D eigenvalue weighted by Gasteiger charge is -2.31. The van der Waals surface area contributed by atoms with Crippen LogP contribution in [-0.2, 0) is 16.1 Å². The zero-order valence-corrected chi connectivity index (χ0v) is 33.7. The van der Waals surface area contributed by atoms with Gasteiger partial charge in [0.2, 0.25) is 0 Å². The molecule has 0 atom stereocenters. The molecule has 0 aliphatic carbocycles. The summed E-state index contributed by atoms with van der Waals surface area (Å²) in [5.74, 6) is 0.908. The van der Waals surface area contributed by atoms with Gasteiger partial charge in [-0.2, -0.15) is 0 Å². The third kappa shape index (κ3) is 18.5. The monoisotopic (exact) mass is 730 g/mol. The number of rotatable bonds is 25. The highest BCUT2D eigenvalue weighted by molar-refractivity contribution is 5.91. The van der Waals surface area contributed by atoms with Crippen molar-refractivity contribution in [1.29, 1.82) is 0 Å². The molecule has 294 valence electrons. The van der Waals surface area contributed by atoms with Crippen molar-refractivity contribution in [2.24, 2.45) is 0 Å². The van der Waals surface area contributed by atoms with Gasteiger partial charge in [-0.15, -0.1) is 0 Å². The van der Waals surface area contributed by atoms with Gasteiger partial charge in [0.1, 0.15) is 11.9 Å². The van der Waals surface area contributed by atoms with E-state index in [1.807, 2.05) is 74.5 Å². The van der Waals surface area contributed by atoms with E-state index in [4.69, 9.17) is 14.2 Å². The highest BCUT2D eigenvalue weighted by Crippen LogP contribution is 2.28. The van der Waals surface area contributed by atoms with E-state index in [-0.39, 0.29) is 12.2 Å². The van der Waals surface area contributed by atoms with Gasteiger partial charge in [0.15, 0.2) is 0 Å². The van der Waals surface area contributed by atoms with E-state index >= 15 is 0 Å². The fraction of sp³-hybridized carbons (Fsp3) is 0.587. The lowest BCUT2D eigenvalue weighted by molar-refractivity contribution is 0.0584. The SMILES string of the molecule is CC.COc1ccccc1COCCCCCCN(C)CCCCCCCCCCCN1CCC(OC(=O)Nc2ccccc2-c2ccccc2)CC1. The molecule has 7 heteroatoms. The molecule has 1 fully saturated rings. The molecule has 0 saturated carbocycles. The van der Waals surface area contributed by atoms with E-state index in [0.717, 1.165) is 73.6 Å². The average Bonchev–Trinajstić information content (AvgIpc) is 3.20. The maximum absolute atomic E-state index is 12.7. The minimum atomic E-state index is -0.356. The van der Waals surface area contributed by atoms with Gasteiger partial charge in [0.25, 0.3) is 0 Å². The van der Waals surface area contributed by atoms with Crippen molar-refractivity contribution in [3.63, 3.8) is 0 Å². The van der Waals surface area contributed by atoms with Crippen molar-refractivity contribution in [3.05, 3.63) is 84.4 Å². The number of hydrogen-bond donors (Lipinski definition) is 1.